The predicted molar refractivity (Wildman–Crippen MR) is 104 cm³/mol. The van der Waals surface area contributed by atoms with Crippen LogP contribution in [0.15, 0.2) is 53.3 Å². The minimum absolute atomic E-state index is 0.0122. The van der Waals surface area contributed by atoms with Crippen LogP contribution in [0.5, 0.6) is 0 Å². The molecule has 5 nitrogen and oxygen atoms in total. The fourth-order valence-corrected chi connectivity index (χ4v) is 3.10. The molecule has 1 aliphatic carbocycles. The van der Waals surface area contributed by atoms with Crippen molar-refractivity contribution in [2.75, 3.05) is 10.6 Å². The van der Waals surface area contributed by atoms with Crippen molar-refractivity contribution in [1.82, 2.24) is 15.0 Å². The predicted octanol–water partition coefficient (Wildman–Crippen LogP) is 5.64. The molecule has 0 bridgehead atoms. The molecule has 0 atom stereocenters. The van der Waals surface area contributed by atoms with Crippen LogP contribution in [0.1, 0.15) is 18.4 Å². The number of rotatable bonds is 5. The van der Waals surface area contributed by atoms with Crippen molar-refractivity contribution >= 4 is 33.4 Å². The highest BCUT2D eigenvalue weighted by Gasteiger charge is 2.33. The first-order chi connectivity index (χ1) is 13.4. The summed E-state index contributed by atoms with van der Waals surface area (Å²) in [6.07, 6.45) is 0.954. The topological polar surface area (TPSA) is 62.7 Å². The van der Waals surface area contributed by atoms with E-state index in [-0.39, 0.29) is 10.2 Å². The van der Waals surface area contributed by atoms with Gasteiger partial charge in [0.25, 0.3) is 0 Å². The molecule has 2 aromatic heterocycles. The number of anilines is 3. The molecule has 1 saturated carbocycles. The maximum absolute atomic E-state index is 13.2. The summed E-state index contributed by atoms with van der Waals surface area (Å²) in [6.45, 7) is 0. The zero-order chi connectivity index (χ0) is 19.7. The first kappa shape index (κ1) is 18.7. The lowest BCUT2D eigenvalue weighted by Crippen LogP contribution is -2.09. The molecule has 1 aliphatic rings. The number of nitrogens with one attached hydrogen (secondary N) is 2. The summed E-state index contributed by atoms with van der Waals surface area (Å²) in [6, 6.07) is 9.63. The minimum Gasteiger partial charge on any atom is -0.351 e. The third-order valence-corrected chi connectivity index (χ3v) is 4.85. The summed E-state index contributed by atoms with van der Waals surface area (Å²) >= 11 is 2.95. The van der Waals surface area contributed by atoms with Crippen molar-refractivity contribution in [2.45, 2.75) is 25.1 Å². The number of hydrogen-bond acceptors (Lipinski definition) is 5. The highest BCUT2D eigenvalue weighted by molar-refractivity contribution is 9.10. The number of hydrogen-bond donors (Lipinski definition) is 2. The van der Waals surface area contributed by atoms with E-state index >= 15 is 0 Å². The second kappa shape index (κ2) is 7.38. The molecule has 0 saturated heterocycles. The average Bonchev–Trinajstić information content (AvgIpc) is 3.47. The van der Waals surface area contributed by atoms with E-state index in [1.807, 2.05) is 12.1 Å². The van der Waals surface area contributed by atoms with Gasteiger partial charge in [0.1, 0.15) is 5.82 Å². The summed E-state index contributed by atoms with van der Waals surface area (Å²) in [5.74, 6) is 0.841. The Morgan fingerprint density at radius 3 is 2.43 bits per heavy atom. The molecule has 9 heteroatoms. The molecule has 0 amide bonds. The summed E-state index contributed by atoms with van der Waals surface area (Å²) in [7, 11) is 0. The van der Waals surface area contributed by atoms with Crippen LogP contribution in [0.4, 0.5) is 30.6 Å². The summed E-state index contributed by atoms with van der Waals surface area (Å²) < 4.78 is 39.5. The van der Waals surface area contributed by atoms with Crippen molar-refractivity contribution < 1.29 is 13.2 Å². The Kier molecular flexibility index (Phi) is 4.92. The van der Waals surface area contributed by atoms with Crippen LogP contribution < -0.4 is 10.6 Å². The molecule has 144 valence electrons. The highest BCUT2D eigenvalue weighted by atomic mass is 79.9. The van der Waals surface area contributed by atoms with Crippen molar-refractivity contribution in [3.63, 3.8) is 0 Å². The third kappa shape index (κ3) is 4.41. The molecular formula is C19H15BrF3N5. The van der Waals surface area contributed by atoms with Crippen LogP contribution >= 0.6 is 15.9 Å². The summed E-state index contributed by atoms with van der Waals surface area (Å²) in [5.41, 5.74) is 1.02. The van der Waals surface area contributed by atoms with Gasteiger partial charge in [-0.3, -0.25) is 4.98 Å². The number of pyridine rings is 1. The molecule has 0 aliphatic heterocycles. The van der Waals surface area contributed by atoms with Crippen LogP contribution in [0.2, 0.25) is 0 Å². The lowest BCUT2D eigenvalue weighted by Gasteiger charge is -2.14. The largest absolute Gasteiger partial charge is 0.417 e. The highest BCUT2D eigenvalue weighted by Crippen LogP contribution is 2.37. The SMILES string of the molecule is FC(F)(F)c1cc(Nc2cc(-c3ccncc3)nc(NC3CC3)n2)ccc1Br. The van der Waals surface area contributed by atoms with E-state index in [1.54, 1.807) is 24.5 Å². The Labute approximate surface area is 167 Å². The third-order valence-electron chi connectivity index (χ3n) is 4.16. The van der Waals surface area contributed by atoms with E-state index in [2.05, 4.69) is 41.5 Å². The molecule has 1 aromatic carbocycles. The number of alkyl halides is 3. The van der Waals surface area contributed by atoms with Crippen molar-refractivity contribution in [1.29, 1.82) is 0 Å². The Bertz CT molecular complexity index is 991. The lowest BCUT2D eigenvalue weighted by atomic mass is 10.2. The summed E-state index contributed by atoms with van der Waals surface area (Å²) in [4.78, 5) is 12.9. The van der Waals surface area contributed by atoms with Gasteiger partial charge in [-0.05, 0) is 43.2 Å². The number of aromatic nitrogens is 3. The van der Waals surface area contributed by atoms with Crippen molar-refractivity contribution in [3.05, 3.63) is 58.8 Å². The van der Waals surface area contributed by atoms with E-state index in [1.165, 1.54) is 6.07 Å². The van der Waals surface area contributed by atoms with E-state index in [9.17, 15) is 13.2 Å². The Hall–Kier alpha value is -2.68. The second-order valence-electron chi connectivity index (χ2n) is 6.43. The smallest absolute Gasteiger partial charge is 0.351 e. The van der Waals surface area contributed by atoms with E-state index < -0.39 is 11.7 Å². The van der Waals surface area contributed by atoms with Gasteiger partial charge in [-0.2, -0.15) is 18.2 Å². The molecule has 0 spiro atoms. The van der Waals surface area contributed by atoms with Crippen molar-refractivity contribution in [3.8, 4) is 11.3 Å². The van der Waals surface area contributed by atoms with Gasteiger partial charge in [0, 0.05) is 40.2 Å². The van der Waals surface area contributed by atoms with Gasteiger partial charge in [0.05, 0.1) is 11.3 Å². The van der Waals surface area contributed by atoms with Crippen LogP contribution in [0.3, 0.4) is 0 Å². The first-order valence-electron chi connectivity index (χ1n) is 8.58. The number of nitrogens with zero attached hydrogens (tertiary/aromatic N) is 3. The molecule has 2 N–H and O–H groups in total. The fourth-order valence-electron chi connectivity index (χ4n) is 2.62. The molecule has 2 heterocycles. The Morgan fingerprint density at radius 1 is 1.00 bits per heavy atom. The van der Waals surface area contributed by atoms with Gasteiger partial charge in [0.15, 0.2) is 0 Å². The van der Waals surface area contributed by atoms with Crippen LogP contribution in [-0.4, -0.2) is 21.0 Å². The first-order valence-corrected chi connectivity index (χ1v) is 9.37. The standard InChI is InChI=1S/C19H15BrF3N5/c20-15-4-3-13(9-14(15)19(21,22)23)25-17-10-16(11-5-7-24-8-6-11)27-18(28-17)26-12-1-2-12/h3-10,12H,1-2H2,(H2,25,26,27,28). The zero-order valence-electron chi connectivity index (χ0n) is 14.5. The monoisotopic (exact) mass is 449 g/mol. The van der Waals surface area contributed by atoms with E-state index in [0.29, 0.717) is 23.5 Å². The number of benzene rings is 1. The minimum atomic E-state index is -4.46. The summed E-state index contributed by atoms with van der Waals surface area (Å²) in [5, 5.41) is 6.19. The molecular weight excluding hydrogens is 435 g/mol. The Balaban J connectivity index is 1.69. The van der Waals surface area contributed by atoms with Crippen LogP contribution in [-0.2, 0) is 6.18 Å². The molecule has 4 rings (SSSR count). The quantitative estimate of drug-likeness (QED) is 0.527. The van der Waals surface area contributed by atoms with Gasteiger partial charge in [-0.1, -0.05) is 15.9 Å². The van der Waals surface area contributed by atoms with Gasteiger partial charge in [-0.25, -0.2) is 4.98 Å². The van der Waals surface area contributed by atoms with E-state index in [4.69, 9.17) is 0 Å². The molecule has 0 unspecified atom stereocenters. The Morgan fingerprint density at radius 2 is 1.75 bits per heavy atom. The normalized spacial score (nSPS) is 14.0. The van der Waals surface area contributed by atoms with E-state index in [0.717, 1.165) is 24.5 Å². The average molecular weight is 450 g/mol. The van der Waals surface area contributed by atoms with Gasteiger partial charge < -0.3 is 10.6 Å². The molecule has 0 radical (unpaired) electrons. The maximum Gasteiger partial charge on any atom is 0.417 e. The molecule has 3 aromatic rings. The molecule has 1 fully saturated rings. The number of halogens is 4. The van der Waals surface area contributed by atoms with Gasteiger partial charge >= 0.3 is 6.18 Å². The van der Waals surface area contributed by atoms with Crippen LogP contribution in [0, 0.1) is 0 Å². The van der Waals surface area contributed by atoms with Crippen molar-refractivity contribution in [2.24, 2.45) is 0 Å². The van der Waals surface area contributed by atoms with Gasteiger partial charge in [0.2, 0.25) is 5.95 Å². The van der Waals surface area contributed by atoms with Crippen LogP contribution in [0.25, 0.3) is 11.3 Å². The molecule has 28 heavy (non-hydrogen) atoms. The fraction of sp³-hybridized carbons (Fsp3) is 0.211. The zero-order valence-corrected chi connectivity index (χ0v) is 16.0. The second-order valence-corrected chi connectivity index (χ2v) is 7.29. The maximum atomic E-state index is 13.2. The lowest BCUT2D eigenvalue weighted by molar-refractivity contribution is -0.138. The van der Waals surface area contributed by atoms with Gasteiger partial charge in [-0.15, -0.1) is 0 Å².